The molecule has 90 valence electrons. The van der Waals surface area contributed by atoms with Crippen molar-refractivity contribution in [2.45, 2.75) is 30.3 Å². The van der Waals surface area contributed by atoms with Gasteiger partial charge in [-0.3, -0.25) is 0 Å². The third-order valence-corrected chi connectivity index (χ3v) is 2.10. The number of aliphatic hydroxyl groups excluding tert-OH is 3. The first-order valence-corrected chi connectivity index (χ1v) is 4.07. The first-order chi connectivity index (χ1) is 7.33. The van der Waals surface area contributed by atoms with E-state index in [1.54, 1.807) is 0 Å². The highest BCUT2D eigenvalue weighted by Crippen LogP contribution is 2.29. The zero-order valence-corrected chi connectivity index (χ0v) is 7.70. The molecule has 0 radical (unpaired) electrons. The predicted octanol–water partition coefficient (Wildman–Crippen LogP) is -2.49. The van der Waals surface area contributed by atoms with E-state index in [0.29, 0.717) is 0 Å². The molecule has 1 saturated heterocycles. The lowest BCUT2D eigenvalue weighted by Crippen LogP contribution is -2.65. The van der Waals surface area contributed by atoms with E-state index < -0.39 is 36.3 Å². The fourth-order valence-electron chi connectivity index (χ4n) is 1.26. The number of azide groups is 1. The molecule has 1 fully saturated rings. The molecule has 5 N–H and O–H groups in total. The van der Waals surface area contributed by atoms with Gasteiger partial charge in [-0.25, -0.2) is 4.79 Å². The molecule has 0 aliphatic carbocycles. The van der Waals surface area contributed by atoms with Crippen LogP contribution < -0.4 is 0 Å². The van der Waals surface area contributed by atoms with Gasteiger partial charge in [0.25, 0.3) is 5.91 Å². The van der Waals surface area contributed by atoms with Crippen LogP contribution in [0, 0.1) is 0 Å². The maximum Gasteiger partial charge on any atom is 0.335 e. The van der Waals surface area contributed by atoms with Crippen molar-refractivity contribution in [3.8, 4) is 0 Å². The highest BCUT2D eigenvalue weighted by atomic mass is 16.7. The second-order valence-electron chi connectivity index (χ2n) is 3.15. The molecule has 0 bridgehead atoms. The Balaban J connectivity index is 3.07. The van der Waals surface area contributed by atoms with Crippen molar-refractivity contribution in [3.63, 3.8) is 0 Å². The van der Waals surface area contributed by atoms with Crippen LogP contribution in [-0.2, 0) is 9.53 Å². The number of carbonyl (C=O) groups is 1. The number of carboxylic acid groups (broad SMARTS) is 1. The summed E-state index contributed by atoms with van der Waals surface area (Å²) in [5.41, 5.74) is 8.09. The van der Waals surface area contributed by atoms with Crippen molar-refractivity contribution < 1.29 is 35.1 Å². The Labute approximate surface area is 87.9 Å². The largest absolute Gasteiger partial charge is 0.479 e. The molecule has 0 amide bonds. The zero-order chi connectivity index (χ0) is 12.5. The van der Waals surface area contributed by atoms with Crippen LogP contribution in [0.15, 0.2) is 5.11 Å². The smallest absolute Gasteiger partial charge is 0.335 e. The van der Waals surface area contributed by atoms with Gasteiger partial charge in [0.15, 0.2) is 6.10 Å². The number of nitrogens with zero attached hydrogens (tertiary/aromatic N) is 3. The van der Waals surface area contributed by atoms with Gasteiger partial charge in [0, 0.05) is 4.91 Å². The Hall–Kier alpha value is -1.42. The van der Waals surface area contributed by atoms with Crippen LogP contribution in [-0.4, -0.2) is 61.8 Å². The predicted molar refractivity (Wildman–Crippen MR) is 44.6 cm³/mol. The van der Waals surface area contributed by atoms with Crippen LogP contribution in [0.5, 0.6) is 0 Å². The molecule has 16 heavy (non-hydrogen) atoms. The second kappa shape index (κ2) is 4.22. The van der Waals surface area contributed by atoms with Gasteiger partial charge in [-0.05, 0) is 10.6 Å². The van der Waals surface area contributed by atoms with Crippen LogP contribution in [0.1, 0.15) is 0 Å². The van der Waals surface area contributed by atoms with Crippen molar-refractivity contribution in [1.82, 2.24) is 0 Å². The SMILES string of the molecule is [N-]=[N+]=N[C@@]1(O)O[C@H](C(=O)O)[C@@H](O)[C@H](O)[C@H]1O. The fraction of sp³-hybridized carbons (Fsp3) is 0.833. The van der Waals surface area contributed by atoms with Crippen molar-refractivity contribution in [1.29, 1.82) is 0 Å². The van der Waals surface area contributed by atoms with E-state index in [9.17, 15) is 25.2 Å². The van der Waals surface area contributed by atoms with Crippen LogP contribution >= 0.6 is 0 Å². The lowest BCUT2D eigenvalue weighted by molar-refractivity contribution is -0.338. The van der Waals surface area contributed by atoms with Gasteiger partial charge in [0.2, 0.25) is 0 Å². The minimum atomic E-state index is -2.93. The number of hydrogen-bond donors (Lipinski definition) is 5. The van der Waals surface area contributed by atoms with E-state index in [4.69, 9.17) is 10.6 Å². The minimum Gasteiger partial charge on any atom is -0.479 e. The standard InChI is InChI=1S/C6H9N3O7/c7-9-8-6(15)4(12)2(11)1(10)3(16-6)5(13)14/h1-4,10-12,15H,(H,13,14)/t1-,2-,3-,4+,6-/m0/s1. The normalized spacial score (nSPS) is 43.5. The summed E-state index contributed by atoms with van der Waals surface area (Å²) in [6.45, 7) is 0. The van der Waals surface area contributed by atoms with E-state index >= 15 is 0 Å². The van der Waals surface area contributed by atoms with Crippen LogP contribution in [0.4, 0.5) is 0 Å². The molecular weight excluding hydrogens is 226 g/mol. The van der Waals surface area contributed by atoms with E-state index in [1.807, 2.05) is 0 Å². The summed E-state index contributed by atoms with van der Waals surface area (Å²) < 4.78 is 4.35. The summed E-state index contributed by atoms with van der Waals surface area (Å²) in [4.78, 5) is 12.7. The molecule has 0 aromatic rings. The summed E-state index contributed by atoms with van der Waals surface area (Å²) in [7, 11) is 0. The fourth-order valence-corrected chi connectivity index (χ4v) is 1.26. The second-order valence-corrected chi connectivity index (χ2v) is 3.15. The lowest BCUT2D eigenvalue weighted by atomic mass is 9.97. The molecular formula is C6H9N3O7. The quantitative estimate of drug-likeness (QED) is 0.199. The Kier molecular flexibility index (Phi) is 3.33. The van der Waals surface area contributed by atoms with E-state index in [0.717, 1.165) is 0 Å². The van der Waals surface area contributed by atoms with Gasteiger partial charge < -0.3 is 30.3 Å². The maximum absolute atomic E-state index is 10.6. The molecule has 0 aromatic heterocycles. The number of aliphatic hydroxyl groups is 4. The highest BCUT2D eigenvalue weighted by Gasteiger charge is 2.54. The van der Waals surface area contributed by atoms with E-state index in [-0.39, 0.29) is 0 Å². The van der Waals surface area contributed by atoms with Gasteiger partial charge in [-0.1, -0.05) is 0 Å². The molecule has 5 atom stereocenters. The van der Waals surface area contributed by atoms with Gasteiger partial charge >= 0.3 is 5.97 Å². The number of carboxylic acids is 1. The summed E-state index contributed by atoms with van der Waals surface area (Å²) in [5, 5.41) is 48.4. The molecule has 1 aliphatic heterocycles. The van der Waals surface area contributed by atoms with Gasteiger partial charge in [-0.2, -0.15) is 0 Å². The lowest BCUT2D eigenvalue weighted by Gasteiger charge is -2.41. The number of rotatable bonds is 2. The summed E-state index contributed by atoms with van der Waals surface area (Å²) >= 11 is 0. The average molecular weight is 235 g/mol. The van der Waals surface area contributed by atoms with Crippen molar-refractivity contribution in [2.24, 2.45) is 5.11 Å². The van der Waals surface area contributed by atoms with Crippen LogP contribution in [0.25, 0.3) is 10.4 Å². The topological polar surface area (TPSA) is 176 Å². The van der Waals surface area contributed by atoms with E-state index in [2.05, 4.69) is 14.8 Å². The summed E-state index contributed by atoms with van der Waals surface area (Å²) in [5.74, 6) is -4.62. The van der Waals surface area contributed by atoms with Crippen LogP contribution in [0.2, 0.25) is 0 Å². The Morgan fingerprint density at radius 2 is 1.94 bits per heavy atom. The minimum absolute atomic E-state index is 1.69. The molecule has 10 nitrogen and oxygen atoms in total. The van der Waals surface area contributed by atoms with Gasteiger partial charge in [0.05, 0.1) is 0 Å². The Morgan fingerprint density at radius 3 is 2.38 bits per heavy atom. The first kappa shape index (κ1) is 12.6. The third kappa shape index (κ3) is 1.93. The van der Waals surface area contributed by atoms with E-state index in [1.165, 1.54) is 0 Å². The molecule has 0 aromatic carbocycles. The monoisotopic (exact) mass is 235 g/mol. The molecule has 1 heterocycles. The molecule has 1 aliphatic rings. The molecule has 1 rings (SSSR count). The maximum atomic E-state index is 10.6. The van der Waals surface area contributed by atoms with Gasteiger partial charge in [0.1, 0.15) is 18.3 Å². The number of aliphatic carboxylic acids is 1. The van der Waals surface area contributed by atoms with Crippen molar-refractivity contribution in [3.05, 3.63) is 10.4 Å². The van der Waals surface area contributed by atoms with Crippen molar-refractivity contribution >= 4 is 5.97 Å². The summed E-state index contributed by atoms with van der Waals surface area (Å²) in [6.07, 6.45) is -8.16. The number of ether oxygens (including phenoxy) is 1. The molecule has 0 spiro atoms. The van der Waals surface area contributed by atoms with Gasteiger partial charge in [-0.15, -0.1) is 0 Å². The zero-order valence-electron chi connectivity index (χ0n) is 7.70. The number of hydrogen-bond acceptors (Lipinski definition) is 7. The third-order valence-electron chi connectivity index (χ3n) is 2.10. The van der Waals surface area contributed by atoms with Crippen LogP contribution in [0.3, 0.4) is 0 Å². The Bertz CT molecular complexity index is 343. The first-order valence-electron chi connectivity index (χ1n) is 4.07. The summed E-state index contributed by atoms with van der Waals surface area (Å²) in [6, 6.07) is 0. The van der Waals surface area contributed by atoms with Crippen molar-refractivity contribution in [2.75, 3.05) is 0 Å². The molecule has 0 saturated carbocycles. The average Bonchev–Trinajstić information content (AvgIpc) is 2.21. The Morgan fingerprint density at radius 1 is 1.38 bits per heavy atom. The highest BCUT2D eigenvalue weighted by molar-refractivity contribution is 5.73. The molecule has 10 heteroatoms. The molecule has 0 unspecified atom stereocenters.